The quantitative estimate of drug-likeness (QED) is 0.731. The summed E-state index contributed by atoms with van der Waals surface area (Å²) in [5.41, 5.74) is 1.84. The largest absolute Gasteiger partial charge is 0.486 e. The predicted octanol–water partition coefficient (Wildman–Crippen LogP) is 2.47. The molecule has 27 heavy (non-hydrogen) atoms. The fraction of sp³-hybridized carbons (Fsp3) is 0.300. The van der Waals surface area contributed by atoms with E-state index < -0.39 is 0 Å². The number of nitrogens with zero attached hydrogens (tertiary/aromatic N) is 3. The Hall–Kier alpha value is -2.57. The van der Waals surface area contributed by atoms with Gasteiger partial charge in [-0.2, -0.15) is 0 Å². The molecule has 3 aromatic rings. The zero-order valence-electron chi connectivity index (χ0n) is 15.0. The van der Waals surface area contributed by atoms with Gasteiger partial charge in [0.15, 0.2) is 0 Å². The van der Waals surface area contributed by atoms with Crippen LogP contribution in [0.4, 0.5) is 0 Å². The molecule has 6 nitrogen and oxygen atoms in total. The van der Waals surface area contributed by atoms with Crippen LogP contribution in [0.2, 0.25) is 0 Å². The van der Waals surface area contributed by atoms with Gasteiger partial charge in [-0.25, -0.2) is 4.98 Å². The van der Waals surface area contributed by atoms with Crippen LogP contribution in [0.3, 0.4) is 0 Å². The van der Waals surface area contributed by atoms with Crippen molar-refractivity contribution in [3.63, 3.8) is 0 Å². The number of fused-ring (bicyclic) bond motifs is 1. The number of ether oxygens (including phenoxy) is 1. The molecule has 4 rings (SSSR count). The van der Waals surface area contributed by atoms with E-state index in [4.69, 9.17) is 4.74 Å². The van der Waals surface area contributed by atoms with Gasteiger partial charge in [-0.15, -0.1) is 12.4 Å². The molecule has 0 aliphatic carbocycles. The lowest BCUT2D eigenvalue weighted by atomic mass is 10.3. The average molecular weight is 387 g/mol. The summed E-state index contributed by atoms with van der Waals surface area (Å²) in [5, 5.41) is 3.27. The summed E-state index contributed by atoms with van der Waals surface area (Å²) in [5.74, 6) is 1.67. The van der Waals surface area contributed by atoms with Gasteiger partial charge in [-0.3, -0.25) is 4.79 Å². The van der Waals surface area contributed by atoms with Gasteiger partial charge in [-0.1, -0.05) is 30.3 Å². The Morgan fingerprint density at radius 3 is 2.52 bits per heavy atom. The molecule has 1 aliphatic heterocycles. The van der Waals surface area contributed by atoms with Crippen molar-refractivity contribution in [2.45, 2.75) is 13.2 Å². The minimum Gasteiger partial charge on any atom is -0.486 e. The number of para-hydroxylation sites is 3. The molecule has 1 aliphatic rings. The number of hydrogen-bond acceptors (Lipinski definition) is 4. The highest BCUT2D eigenvalue weighted by Gasteiger charge is 2.19. The molecular weight excluding hydrogens is 364 g/mol. The maximum atomic E-state index is 12.7. The zero-order chi connectivity index (χ0) is 17.8. The second-order valence-electron chi connectivity index (χ2n) is 6.34. The highest BCUT2D eigenvalue weighted by atomic mass is 35.5. The van der Waals surface area contributed by atoms with Crippen LogP contribution < -0.4 is 10.1 Å². The van der Waals surface area contributed by atoms with Gasteiger partial charge in [0.2, 0.25) is 5.91 Å². The molecule has 1 amide bonds. The Labute approximate surface area is 164 Å². The summed E-state index contributed by atoms with van der Waals surface area (Å²) in [6, 6.07) is 17.5. The van der Waals surface area contributed by atoms with Crippen molar-refractivity contribution in [3.05, 3.63) is 60.4 Å². The van der Waals surface area contributed by atoms with Crippen molar-refractivity contribution < 1.29 is 9.53 Å². The lowest BCUT2D eigenvalue weighted by molar-refractivity contribution is -0.132. The monoisotopic (exact) mass is 386 g/mol. The van der Waals surface area contributed by atoms with E-state index in [1.807, 2.05) is 64.1 Å². The molecule has 142 valence electrons. The van der Waals surface area contributed by atoms with Crippen LogP contribution in [0.15, 0.2) is 54.6 Å². The van der Waals surface area contributed by atoms with E-state index in [9.17, 15) is 4.79 Å². The van der Waals surface area contributed by atoms with Crippen molar-refractivity contribution >= 4 is 29.3 Å². The third-order valence-corrected chi connectivity index (χ3v) is 4.61. The fourth-order valence-electron chi connectivity index (χ4n) is 3.23. The van der Waals surface area contributed by atoms with Crippen LogP contribution >= 0.6 is 12.4 Å². The first-order valence-corrected chi connectivity index (χ1v) is 8.92. The van der Waals surface area contributed by atoms with Crippen molar-refractivity contribution in [2.75, 3.05) is 26.2 Å². The van der Waals surface area contributed by atoms with Gasteiger partial charge in [0, 0.05) is 26.2 Å². The maximum absolute atomic E-state index is 12.7. The van der Waals surface area contributed by atoms with Crippen molar-refractivity contribution in [1.29, 1.82) is 0 Å². The number of amides is 1. The van der Waals surface area contributed by atoms with Gasteiger partial charge >= 0.3 is 0 Å². The molecule has 0 spiro atoms. The highest BCUT2D eigenvalue weighted by molar-refractivity contribution is 5.85. The molecule has 0 saturated carbocycles. The first-order chi connectivity index (χ1) is 12.8. The molecule has 1 aromatic heterocycles. The normalized spacial score (nSPS) is 14.0. The first kappa shape index (κ1) is 19.2. The zero-order valence-corrected chi connectivity index (χ0v) is 15.8. The van der Waals surface area contributed by atoms with E-state index >= 15 is 0 Å². The molecule has 1 saturated heterocycles. The number of rotatable bonds is 5. The lowest BCUT2D eigenvalue weighted by Gasteiger charge is -2.27. The van der Waals surface area contributed by atoms with Gasteiger partial charge in [0.25, 0.3) is 0 Å². The summed E-state index contributed by atoms with van der Waals surface area (Å²) in [6.45, 7) is 3.81. The Bertz CT molecular complexity index is 891. The van der Waals surface area contributed by atoms with Crippen LogP contribution in [0.1, 0.15) is 5.82 Å². The Balaban J connectivity index is 0.00000210. The van der Waals surface area contributed by atoms with Gasteiger partial charge in [0.1, 0.15) is 24.7 Å². The average Bonchev–Trinajstić information content (AvgIpc) is 3.05. The van der Waals surface area contributed by atoms with E-state index in [-0.39, 0.29) is 24.9 Å². The number of aromatic nitrogens is 2. The summed E-state index contributed by atoms with van der Waals surface area (Å²) >= 11 is 0. The lowest BCUT2D eigenvalue weighted by Crippen LogP contribution is -2.47. The summed E-state index contributed by atoms with van der Waals surface area (Å²) < 4.78 is 7.85. The van der Waals surface area contributed by atoms with E-state index in [2.05, 4.69) is 10.3 Å². The molecule has 0 atom stereocenters. The number of hydrogen-bond donors (Lipinski definition) is 1. The van der Waals surface area contributed by atoms with Crippen molar-refractivity contribution in [1.82, 2.24) is 19.8 Å². The number of nitrogens with one attached hydrogen (secondary N) is 1. The topological polar surface area (TPSA) is 59.4 Å². The molecule has 2 heterocycles. The standard InChI is InChI=1S/C20H22N4O2.ClH/c25-20(23-12-10-21-11-13-23)14-24-18-9-5-4-8-17(18)22-19(24)15-26-16-6-2-1-3-7-16;/h1-9,21H,10-15H2;1H. The molecule has 1 N–H and O–H groups in total. The van der Waals surface area contributed by atoms with Crippen LogP contribution in [-0.2, 0) is 17.9 Å². The summed E-state index contributed by atoms with van der Waals surface area (Å²) in [4.78, 5) is 19.3. The van der Waals surface area contributed by atoms with Gasteiger partial charge in [0.05, 0.1) is 11.0 Å². The maximum Gasteiger partial charge on any atom is 0.242 e. The third-order valence-electron chi connectivity index (χ3n) is 4.61. The SMILES string of the molecule is Cl.O=C(Cn1c(COc2ccccc2)nc2ccccc21)N1CCNCC1. The molecule has 0 bridgehead atoms. The summed E-state index contributed by atoms with van der Waals surface area (Å²) in [7, 11) is 0. The number of benzene rings is 2. The molecular formula is C20H23ClN4O2. The number of piperazine rings is 1. The minimum absolute atomic E-state index is 0. The molecule has 0 radical (unpaired) electrons. The van der Waals surface area contributed by atoms with E-state index in [0.29, 0.717) is 6.61 Å². The van der Waals surface area contributed by atoms with Crippen molar-refractivity contribution in [2.24, 2.45) is 0 Å². The second-order valence-corrected chi connectivity index (χ2v) is 6.34. The predicted molar refractivity (Wildman–Crippen MR) is 107 cm³/mol. The van der Waals surface area contributed by atoms with Crippen LogP contribution in [0, 0.1) is 0 Å². The second kappa shape index (κ2) is 8.88. The van der Waals surface area contributed by atoms with Gasteiger partial charge in [-0.05, 0) is 24.3 Å². The Kier molecular flexibility index (Phi) is 6.32. The van der Waals surface area contributed by atoms with E-state index in [0.717, 1.165) is 48.8 Å². The molecule has 0 unspecified atom stereocenters. The van der Waals surface area contributed by atoms with Crippen LogP contribution in [0.5, 0.6) is 5.75 Å². The molecule has 1 fully saturated rings. The Morgan fingerprint density at radius 2 is 1.74 bits per heavy atom. The number of carbonyl (C=O) groups is 1. The van der Waals surface area contributed by atoms with Crippen LogP contribution in [-0.4, -0.2) is 46.5 Å². The van der Waals surface area contributed by atoms with E-state index in [1.165, 1.54) is 0 Å². The van der Waals surface area contributed by atoms with E-state index in [1.54, 1.807) is 0 Å². The third kappa shape index (κ3) is 4.40. The highest BCUT2D eigenvalue weighted by Crippen LogP contribution is 2.18. The minimum atomic E-state index is 0. The number of carbonyl (C=O) groups excluding carboxylic acids is 1. The summed E-state index contributed by atoms with van der Waals surface area (Å²) in [6.07, 6.45) is 0. The van der Waals surface area contributed by atoms with Gasteiger partial charge < -0.3 is 19.5 Å². The Morgan fingerprint density at radius 1 is 1.04 bits per heavy atom. The number of halogens is 1. The van der Waals surface area contributed by atoms with Crippen LogP contribution in [0.25, 0.3) is 11.0 Å². The fourth-order valence-corrected chi connectivity index (χ4v) is 3.23. The van der Waals surface area contributed by atoms with Crippen molar-refractivity contribution in [3.8, 4) is 5.75 Å². The first-order valence-electron chi connectivity index (χ1n) is 8.92. The molecule has 7 heteroatoms. The molecule has 2 aromatic carbocycles. The number of imidazole rings is 1. The smallest absolute Gasteiger partial charge is 0.242 e.